The number of ether oxygens (including phenoxy) is 1. The highest BCUT2D eigenvalue weighted by atomic mass is 79.9. The molecule has 1 aromatic rings. The molecule has 0 amide bonds. The lowest BCUT2D eigenvalue weighted by Crippen LogP contribution is -2.27. The van der Waals surface area contributed by atoms with Crippen LogP contribution in [0.5, 0.6) is 5.75 Å². The van der Waals surface area contributed by atoms with Crippen LogP contribution >= 0.6 is 15.9 Å². The Morgan fingerprint density at radius 3 is 2.53 bits per heavy atom. The molecule has 94 valence electrons. The molecular weight excluding hydrogens is 278 g/mol. The molecule has 0 unspecified atom stereocenters. The number of aryl methyl sites for hydroxylation is 1. The fourth-order valence-corrected chi connectivity index (χ4v) is 3.31. The van der Waals surface area contributed by atoms with E-state index in [0.29, 0.717) is 5.92 Å². The van der Waals surface area contributed by atoms with Crippen LogP contribution in [0.25, 0.3) is 0 Å². The molecule has 1 saturated heterocycles. The Kier molecular flexibility index (Phi) is 4.10. The van der Waals surface area contributed by atoms with Gasteiger partial charge < -0.3 is 10.1 Å². The molecule has 0 bridgehead atoms. The highest BCUT2D eigenvalue weighted by molar-refractivity contribution is 9.10. The highest BCUT2D eigenvalue weighted by Gasteiger charge is 2.21. The lowest BCUT2D eigenvalue weighted by Gasteiger charge is -2.27. The second-order valence-corrected chi connectivity index (χ2v) is 5.57. The number of rotatable bonds is 2. The van der Waals surface area contributed by atoms with Gasteiger partial charge in [-0.25, -0.2) is 0 Å². The first-order chi connectivity index (χ1) is 8.15. The molecule has 3 heteroatoms. The van der Waals surface area contributed by atoms with Gasteiger partial charge in [-0.2, -0.15) is 0 Å². The normalized spacial score (nSPS) is 17.2. The van der Waals surface area contributed by atoms with Crippen LogP contribution in [0.15, 0.2) is 10.5 Å². The van der Waals surface area contributed by atoms with Crippen molar-refractivity contribution in [2.24, 2.45) is 0 Å². The lowest BCUT2D eigenvalue weighted by atomic mass is 9.84. The summed E-state index contributed by atoms with van der Waals surface area (Å²) in [5, 5.41) is 3.42. The largest absolute Gasteiger partial charge is 0.496 e. The van der Waals surface area contributed by atoms with Crippen LogP contribution < -0.4 is 10.1 Å². The number of hydrogen-bond donors (Lipinski definition) is 1. The standard InChI is InChI=1S/C14H20BrNO/c1-9-8-12(17-3)14(15)10(2)13(9)11-4-6-16-7-5-11/h8,11,16H,4-7H2,1-3H3. The average molecular weight is 298 g/mol. The van der Waals surface area contributed by atoms with Crippen molar-refractivity contribution in [3.63, 3.8) is 0 Å². The molecule has 0 radical (unpaired) electrons. The zero-order valence-corrected chi connectivity index (χ0v) is 12.4. The third kappa shape index (κ3) is 2.50. The van der Waals surface area contributed by atoms with Gasteiger partial charge in [0.05, 0.1) is 11.6 Å². The van der Waals surface area contributed by atoms with Crippen molar-refractivity contribution in [3.8, 4) is 5.75 Å². The molecule has 1 heterocycles. The van der Waals surface area contributed by atoms with Crippen molar-refractivity contribution in [2.45, 2.75) is 32.6 Å². The van der Waals surface area contributed by atoms with Gasteiger partial charge in [-0.3, -0.25) is 0 Å². The van der Waals surface area contributed by atoms with Gasteiger partial charge in [-0.15, -0.1) is 0 Å². The molecule has 1 aliphatic heterocycles. The van der Waals surface area contributed by atoms with E-state index < -0.39 is 0 Å². The molecule has 2 nitrogen and oxygen atoms in total. The molecular formula is C14H20BrNO. The van der Waals surface area contributed by atoms with E-state index in [1.165, 1.54) is 29.5 Å². The van der Waals surface area contributed by atoms with E-state index in [9.17, 15) is 0 Å². The molecule has 1 aliphatic rings. The van der Waals surface area contributed by atoms with Crippen LogP contribution in [0, 0.1) is 13.8 Å². The SMILES string of the molecule is COc1cc(C)c(C2CCNCC2)c(C)c1Br. The molecule has 1 aromatic carbocycles. The number of halogens is 1. The van der Waals surface area contributed by atoms with E-state index in [0.717, 1.165) is 23.3 Å². The van der Waals surface area contributed by atoms with Gasteiger partial charge in [-0.05, 0) is 84.4 Å². The molecule has 0 aromatic heterocycles. The summed E-state index contributed by atoms with van der Waals surface area (Å²) >= 11 is 3.65. The molecule has 0 atom stereocenters. The van der Waals surface area contributed by atoms with Crippen LogP contribution in [0.4, 0.5) is 0 Å². The summed E-state index contributed by atoms with van der Waals surface area (Å²) in [6.45, 7) is 6.65. The predicted octanol–water partition coefficient (Wildman–Crippen LogP) is 3.54. The molecule has 0 aliphatic carbocycles. The van der Waals surface area contributed by atoms with Crippen LogP contribution in [0.3, 0.4) is 0 Å². The Hall–Kier alpha value is -0.540. The second kappa shape index (κ2) is 5.40. The zero-order valence-electron chi connectivity index (χ0n) is 10.8. The fourth-order valence-electron chi connectivity index (χ4n) is 2.82. The number of piperidine rings is 1. The summed E-state index contributed by atoms with van der Waals surface area (Å²) in [7, 11) is 1.73. The van der Waals surface area contributed by atoms with Gasteiger partial charge in [0, 0.05) is 0 Å². The van der Waals surface area contributed by atoms with Gasteiger partial charge in [0.2, 0.25) is 0 Å². The fraction of sp³-hybridized carbons (Fsp3) is 0.571. The minimum absolute atomic E-state index is 0.693. The summed E-state index contributed by atoms with van der Waals surface area (Å²) in [6.07, 6.45) is 2.47. The topological polar surface area (TPSA) is 21.3 Å². The van der Waals surface area contributed by atoms with Crippen molar-refractivity contribution in [3.05, 3.63) is 27.2 Å². The zero-order chi connectivity index (χ0) is 12.4. The Balaban J connectivity index is 2.42. The van der Waals surface area contributed by atoms with Crippen LogP contribution in [0.1, 0.15) is 35.4 Å². The number of methoxy groups -OCH3 is 1. The quantitative estimate of drug-likeness (QED) is 0.901. The van der Waals surface area contributed by atoms with Gasteiger partial charge in [0.25, 0.3) is 0 Å². The lowest BCUT2D eigenvalue weighted by molar-refractivity contribution is 0.409. The van der Waals surface area contributed by atoms with Crippen molar-refractivity contribution >= 4 is 15.9 Å². The molecule has 0 spiro atoms. The van der Waals surface area contributed by atoms with E-state index in [4.69, 9.17) is 4.74 Å². The summed E-state index contributed by atoms with van der Waals surface area (Å²) in [5.74, 6) is 1.64. The Morgan fingerprint density at radius 2 is 1.94 bits per heavy atom. The average Bonchev–Trinajstić information content (AvgIpc) is 2.35. The number of benzene rings is 1. The second-order valence-electron chi connectivity index (χ2n) is 4.77. The first-order valence-electron chi connectivity index (χ1n) is 6.19. The number of hydrogen-bond acceptors (Lipinski definition) is 2. The molecule has 17 heavy (non-hydrogen) atoms. The first-order valence-corrected chi connectivity index (χ1v) is 6.98. The summed E-state index contributed by atoms with van der Waals surface area (Å²) < 4.78 is 6.50. The number of nitrogens with one attached hydrogen (secondary N) is 1. The Morgan fingerprint density at radius 1 is 1.29 bits per heavy atom. The smallest absolute Gasteiger partial charge is 0.133 e. The van der Waals surface area contributed by atoms with E-state index in [2.05, 4.69) is 41.2 Å². The third-order valence-electron chi connectivity index (χ3n) is 3.69. The van der Waals surface area contributed by atoms with Crippen molar-refractivity contribution in [2.75, 3.05) is 20.2 Å². The monoisotopic (exact) mass is 297 g/mol. The molecule has 1 fully saturated rings. The van der Waals surface area contributed by atoms with Gasteiger partial charge >= 0.3 is 0 Å². The maximum atomic E-state index is 5.39. The van der Waals surface area contributed by atoms with Crippen LogP contribution in [0.2, 0.25) is 0 Å². The Bertz CT molecular complexity index is 411. The summed E-state index contributed by atoms with van der Waals surface area (Å²) in [6, 6.07) is 2.15. The van der Waals surface area contributed by atoms with E-state index >= 15 is 0 Å². The Labute approximate surface area is 112 Å². The van der Waals surface area contributed by atoms with Crippen molar-refractivity contribution < 1.29 is 4.74 Å². The van der Waals surface area contributed by atoms with Crippen LogP contribution in [-0.2, 0) is 0 Å². The van der Waals surface area contributed by atoms with Gasteiger partial charge in [0.1, 0.15) is 5.75 Å². The summed E-state index contributed by atoms with van der Waals surface area (Å²) in [4.78, 5) is 0. The van der Waals surface area contributed by atoms with Gasteiger partial charge in [-0.1, -0.05) is 0 Å². The van der Waals surface area contributed by atoms with Crippen molar-refractivity contribution in [1.29, 1.82) is 0 Å². The maximum absolute atomic E-state index is 5.39. The first kappa shape index (κ1) is 12.9. The minimum atomic E-state index is 0.693. The minimum Gasteiger partial charge on any atom is -0.496 e. The van der Waals surface area contributed by atoms with Crippen molar-refractivity contribution in [1.82, 2.24) is 5.32 Å². The van der Waals surface area contributed by atoms with Gasteiger partial charge in [0.15, 0.2) is 0 Å². The van der Waals surface area contributed by atoms with E-state index in [1.54, 1.807) is 7.11 Å². The highest BCUT2D eigenvalue weighted by Crippen LogP contribution is 2.38. The predicted molar refractivity (Wildman–Crippen MR) is 75.0 cm³/mol. The molecule has 2 rings (SSSR count). The van der Waals surface area contributed by atoms with E-state index in [1.807, 2.05) is 0 Å². The molecule has 1 N–H and O–H groups in total. The maximum Gasteiger partial charge on any atom is 0.133 e. The van der Waals surface area contributed by atoms with E-state index in [-0.39, 0.29) is 0 Å². The third-order valence-corrected chi connectivity index (χ3v) is 4.67. The van der Waals surface area contributed by atoms with Crippen LogP contribution in [-0.4, -0.2) is 20.2 Å². The molecule has 0 saturated carbocycles. The summed E-state index contributed by atoms with van der Waals surface area (Å²) in [5.41, 5.74) is 4.21.